The molecule has 0 saturated carbocycles. The highest BCUT2D eigenvalue weighted by Gasteiger charge is 2.35. The number of aryl methyl sites for hydroxylation is 1. The number of pyridine rings is 1. The van der Waals surface area contributed by atoms with Crippen LogP contribution < -0.4 is 5.73 Å². The number of carbonyl (C=O) groups is 1. The SMILES string of the molecule is Cc1c(C(=O)N2CC(CN)CC2C)sc2nc(C(F)(F)F)ccc12. The van der Waals surface area contributed by atoms with Crippen molar-refractivity contribution in [2.45, 2.75) is 32.5 Å². The minimum absolute atomic E-state index is 0.0781. The van der Waals surface area contributed by atoms with Crippen LogP contribution in [-0.2, 0) is 6.18 Å². The molecule has 24 heavy (non-hydrogen) atoms. The molecule has 2 aromatic rings. The third-order valence-corrected chi connectivity index (χ3v) is 5.73. The van der Waals surface area contributed by atoms with Crippen molar-refractivity contribution in [3.05, 3.63) is 28.3 Å². The number of alkyl halides is 3. The zero-order chi connectivity index (χ0) is 17.6. The average Bonchev–Trinajstić information content (AvgIpc) is 3.06. The van der Waals surface area contributed by atoms with Crippen LogP contribution in [0.1, 0.15) is 34.3 Å². The van der Waals surface area contributed by atoms with Gasteiger partial charge in [0, 0.05) is 18.0 Å². The fourth-order valence-electron chi connectivity index (χ4n) is 3.19. The number of halogens is 3. The van der Waals surface area contributed by atoms with E-state index in [-0.39, 0.29) is 22.7 Å². The van der Waals surface area contributed by atoms with Crippen LogP contribution in [0.2, 0.25) is 0 Å². The first-order chi connectivity index (χ1) is 11.2. The molecule has 8 heteroatoms. The molecule has 2 unspecified atom stereocenters. The zero-order valence-electron chi connectivity index (χ0n) is 13.4. The van der Waals surface area contributed by atoms with Gasteiger partial charge >= 0.3 is 6.18 Å². The topological polar surface area (TPSA) is 59.2 Å². The van der Waals surface area contributed by atoms with E-state index in [2.05, 4.69) is 4.98 Å². The standard InChI is InChI=1S/C16H18F3N3OS/c1-8-5-10(6-20)7-22(8)15(23)13-9(2)11-3-4-12(16(17,18)19)21-14(11)24-13/h3-4,8,10H,5-7,20H2,1-2H3. The van der Waals surface area contributed by atoms with Gasteiger partial charge in [-0.1, -0.05) is 0 Å². The molecule has 3 rings (SSSR count). The number of rotatable bonds is 2. The zero-order valence-corrected chi connectivity index (χ0v) is 14.2. The number of likely N-dealkylation sites (tertiary alicyclic amines) is 1. The Kier molecular flexibility index (Phi) is 4.29. The van der Waals surface area contributed by atoms with E-state index in [4.69, 9.17) is 5.73 Å². The third-order valence-electron chi connectivity index (χ3n) is 4.54. The minimum Gasteiger partial charge on any atom is -0.335 e. The van der Waals surface area contributed by atoms with Crippen LogP contribution in [0.25, 0.3) is 10.2 Å². The first-order valence-corrected chi connectivity index (χ1v) is 8.52. The second-order valence-electron chi connectivity index (χ2n) is 6.25. The highest BCUT2D eigenvalue weighted by molar-refractivity contribution is 7.20. The molecule has 0 aliphatic carbocycles. The Morgan fingerprint density at radius 1 is 1.46 bits per heavy atom. The lowest BCUT2D eigenvalue weighted by Crippen LogP contribution is -2.34. The summed E-state index contributed by atoms with van der Waals surface area (Å²) in [5, 5.41) is 0.596. The summed E-state index contributed by atoms with van der Waals surface area (Å²) in [6.07, 6.45) is -3.64. The number of hydrogen-bond acceptors (Lipinski definition) is 4. The highest BCUT2D eigenvalue weighted by Crippen LogP contribution is 2.36. The molecule has 1 aliphatic heterocycles. The molecule has 2 N–H and O–H groups in total. The number of nitrogens with two attached hydrogens (primary N) is 1. The summed E-state index contributed by atoms with van der Waals surface area (Å²) in [6, 6.07) is 2.43. The van der Waals surface area contributed by atoms with Crippen molar-refractivity contribution in [3.63, 3.8) is 0 Å². The van der Waals surface area contributed by atoms with Crippen molar-refractivity contribution >= 4 is 27.5 Å². The molecule has 130 valence electrons. The maximum absolute atomic E-state index is 12.8. The van der Waals surface area contributed by atoms with Crippen molar-refractivity contribution < 1.29 is 18.0 Å². The molecular formula is C16H18F3N3OS. The van der Waals surface area contributed by atoms with Gasteiger partial charge in [0.15, 0.2) is 0 Å². The van der Waals surface area contributed by atoms with Crippen LogP contribution in [0.3, 0.4) is 0 Å². The van der Waals surface area contributed by atoms with E-state index in [0.717, 1.165) is 23.8 Å². The molecule has 0 spiro atoms. The summed E-state index contributed by atoms with van der Waals surface area (Å²) in [4.78, 5) is 19.0. The first-order valence-electron chi connectivity index (χ1n) is 7.70. The van der Waals surface area contributed by atoms with Crippen molar-refractivity contribution in [3.8, 4) is 0 Å². The Morgan fingerprint density at radius 3 is 2.75 bits per heavy atom. The largest absolute Gasteiger partial charge is 0.433 e. The van der Waals surface area contributed by atoms with E-state index in [1.807, 2.05) is 6.92 Å². The lowest BCUT2D eigenvalue weighted by Gasteiger charge is -2.21. The Bertz CT molecular complexity index is 787. The van der Waals surface area contributed by atoms with Gasteiger partial charge in [-0.2, -0.15) is 13.2 Å². The quantitative estimate of drug-likeness (QED) is 0.896. The number of aromatic nitrogens is 1. The Labute approximate surface area is 141 Å². The number of nitrogens with zero attached hydrogens (tertiary/aromatic N) is 2. The number of amides is 1. The fraction of sp³-hybridized carbons (Fsp3) is 0.500. The lowest BCUT2D eigenvalue weighted by atomic mass is 10.1. The molecule has 0 bridgehead atoms. The molecule has 1 saturated heterocycles. The van der Waals surface area contributed by atoms with Crippen LogP contribution >= 0.6 is 11.3 Å². The Morgan fingerprint density at radius 2 is 2.17 bits per heavy atom. The highest BCUT2D eigenvalue weighted by atomic mass is 32.1. The smallest absolute Gasteiger partial charge is 0.335 e. The third kappa shape index (κ3) is 2.88. The van der Waals surface area contributed by atoms with Crippen LogP contribution in [0.5, 0.6) is 0 Å². The molecule has 1 amide bonds. The van der Waals surface area contributed by atoms with E-state index in [1.165, 1.54) is 6.07 Å². The van der Waals surface area contributed by atoms with Crippen molar-refractivity contribution in [1.29, 1.82) is 0 Å². The Hall–Kier alpha value is -1.67. The average molecular weight is 357 g/mol. The molecule has 2 aromatic heterocycles. The second-order valence-corrected chi connectivity index (χ2v) is 7.25. The molecule has 0 aromatic carbocycles. The summed E-state index contributed by atoms with van der Waals surface area (Å²) in [6.45, 7) is 4.83. The van der Waals surface area contributed by atoms with Crippen LogP contribution in [0.15, 0.2) is 12.1 Å². The normalized spacial score (nSPS) is 21.7. The molecular weight excluding hydrogens is 339 g/mol. The van der Waals surface area contributed by atoms with Gasteiger partial charge < -0.3 is 10.6 Å². The summed E-state index contributed by atoms with van der Waals surface area (Å²) < 4.78 is 38.4. The Balaban J connectivity index is 1.98. The predicted octanol–water partition coefficient (Wildman–Crippen LogP) is 3.43. The minimum atomic E-state index is -4.49. The van der Waals surface area contributed by atoms with E-state index in [9.17, 15) is 18.0 Å². The van der Waals surface area contributed by atoms with E-state index < -0.39 is 11.9 Å². The maximum Gasteiger partial charge on any atom is 0.433 e. The van der Waals surface area contributed by atoms with Gasteiger partial charge in [-0.3, -0.25) is 4.79 Å². The van der Waals surface area contributed by atoms with Gasteiger partial charge in [0.1, 0.15) is 10.5 Å². The molecule has 1 fully saturated rings. The number of hydrogen-bond donors (Lipinski definition) is 1. The molecule has 2 atom stereocenters. The van der Waals surface area contributed by atoms with E-state index >= 15 is 0 Å². The lowest BCUT2D eigenvalue weighted by molar-refractivity contribution is -0.140. The second kappa shape index (κ2) is 6.00. The molecule has 1 aliphatic rings. The van der Waals surface area contributed by atoms with Crippen LogP contribution in [0, 0.1) is 12.8 Å². The van der Waals surface area contributed by atoms with Crippen molar-refractivity contribution in [2.24, 2.45) is 11.7 Å². The summed E-state index contributed by atoms with van der Waals surface area (Å²) in [7, 11) is 0. The fourth-order valence-corrected chi connectivity index (χ4v) is 4.32. The van der Waals surface area contributed by atoms with Gasteiger partial charge in [-0.15, -0.1) is 11.3 Å². The monoisotopic (exact) mass is 357 g/mol. The van der Waals surface area contributed by atoms with E-state index in [0.29, 0.717) is 28.9 Å². The van der Waals surface area contributed by atoms with Gasteiger partial charge in [-0.25, -0.2) is 4.98 Å². The molecule has 3 heterocycles. The van der Waals surface area contributed by atoms with Gasteiger partial charge in [0.25, 0.3) is 5.91 Å². The van der Waals surface area contributed by atoms with Crippen molar-refractivity contribution in [2.75, 3.05) is 13.1 Å². The number of carbonyl (C=O) groups excluding carboxylic acids is 1. The molecule has 4 nitrogen and oxygen atoms in total. The molecule has 0 radical (unpaired) electrons. The number of thiophene rings is 1. The predicted molar refractivity (Wildman–Crippen MR) is 87.0 cm³/mol. The first kappa shape index (κ1) is 17.2. The summed E-state index contributed by atoms with van der Waals surface area (Å²) in [5.74, 6) is 0.126. The summed E-state index contributed by atoms with van der Waals surface area (Å²) in [5.41, 5.74) is 5.44. The summed E-state index contributed by atoms with van der Waals surface area (Å²) >= 11 is 1.03. The van der Waals surface area contributed by atoms with Crippen LogP contribution in [-0.4, -0.2) is 34.9 Å². The maximum atomic E-state index is 12.8. The van der Waals surface area contributed by atoms with E-state index in [1.54, 1.807) is 11.8 Å². The number of fused-ring (bicyclic) bond motifs is 1. The van der Waals surface area contributed by atoms with Crippen LogP contribution in [0.4, 0.5) is 13.2 Å². The van der Waals surface area contributed by atoms with Gasteiger partial charge in [0.05, 0.1) is 4.88 Å². The van der Waals surface area contributed by atoms with Crippen molar-refractivity contribution in [1.82, 2.24) is 9.88 Å². The van der Waals surface area contributed by atoms with Gasteiger partial charge in [0.2, 0.25) is 0 Å². The van der Waals surface area contributed by atoms with Gasteiger partial charge in [-0.05, 0) is 50.4 Å².